The first-order valence-corrected chi connectivity index (χ1v) is 10.6. The summed E-state index contributed by atoms with van der Waals surface area (Å²) in [7, 11) is 0. The largest absolute Gasteiger partial charge is 0.465 e. The average molecular weight is 396 g/mol. The molecule has 1 unspecified atom stereocenters. The van der Waals surface area contributed by atoms with Crippen LogP contribution in [0.5, 0.6) is 0 Å². The van der Waals surface area contributed by atoms with Gasteiger partial charge in [-0.1, -0.05) is 12.1 Å². The third-order valence-corrected chi connectivity index (χ3v) is 5.94. The summed E-state index contributed by atoms with van der Waals surface area (Å²) < 4.78 is 5.80. The Kier molecular flexibility index (Phi) is 5.59. The summed E-state index contributed by atoms with van der Waals surface area (Å²) in [4.78, 5) is 19.4. The molecule has 3 aromatic rings. The highest BCUT2D eigenvalue weighted by Crippen LogP contribution is 2.24. The van der Waals surface area contributed by atoms with Crippen LogP contribution in [0.4, 0.5) is 5.69 Å². The number of nitrogens with zero attached hydrogens (tertiary/aromatic N) is 2. The fourth-order valence-corrected chi connectivity index (χ4v) is 4.25. The Morgan fingerprint density at radius 1 is 1.32 bits per heavy atom. The van der Waals surface area contributed by atoms with Crippen molar-refractivity contribution >= 4 is 22.9 Å². The second kappa shape index (κ2) is 8.29. The Labute approximate surface area is 169 Å². The van der Waals surface area contributed by atoms with Gasteiger partial charge in [-0.15, -0.1) is 11.3 Å². The number of aryl methyl sites for hydroxylation is 2. The van der Waals surface area contributed by atoms with E-state index in [1.165, 1.54) is 5.56 Å². The summed E-state index contributed by atoms with van der Waals surface area (Å²) in [6, 6.07) is 9.99. The normalized spacial score (nSPS) is 17.6. The fraction of sp³-hybridized carbons (Fsp3) is 0.364. The van der Waals surface area contributed by atoms with Gasteiger partial charge in [0.05, 0.1) is 23.7 Å². The molecule has 1 aromatic carbocycles. The Bertz CT molecular complexity index is 912. The number of amides is 1. The van der Waals surface area contributed by atoms with E-state index in [1.807, 2.05) is 42.1 Å². The summed E-state index contributed by atoms with van der Waals surface area (Å²) in [5.74, 6) is 2.05. The van der Waals surface area contributed by atoms with Crippen molar-refractivity contribution < 1.29 is 9.21 Å². The molecular weight excluding hydrogens is 370 g/mol. The number of piperidine rings is 1. The lowest BCUT2D eigenvalue weighted by atomic mass is 9.97. The summed E-state index contributed by atoms with van der Waals surface area (Å²) in [6.45, 7) is 6.59. The van der Waals surface area contributed by atoms with E-state index >= 15 is 0 Å². The van der Waals surface area contributed by atoms with Crippen LogP contribution in [0.25, 0.3) is 11.3 Å². The number of anilines is 1. The van der Waals surface area contributed by atoms with E-state index < -0.39 is 0 Å². The molecule has 28 heavy (non-hydrogen) atoms. The van der Waals surface area contributed by atoms with Crippen molar-refractivity contribution in [1.29, 1.82) is 0 Å². The number of hydrogen-bond acceptors (Lipinski definition) is 5. The number of thiazole rings is 1. The Morgan fingerprint density at radius 3 is 2.82 bits per heavy atom. The quantitative estimate of drug-likeness (QED) is 0.669. The molecule has 5 nitrogen and oxygen atoms in total. The highest BCUT2D eigenvalue weighted by atomic mass is 32.1. The molecule has 1 atom stereocenters. The van der Waals surface area contributed by atoms with Gasteiger partial charge >= 0.3 is 0 Å². The molecule has 1 N–H and O–H groups in total. The molecule has 1 fully saturated rings. The molecule has 0 radical (unpaired) electrons. The molecule has 3 heterocycles. The van der Waals surface area contributed by atoms with Crippen LogP contribution in [0.3, 0.4) is 0 Å². The van der Waals surface area contributed by atoms with Gasteiger partial charge in [0, 0.05) is 23.2 Å². The van der Waals surface area contributed by atoms with Crippen LogP contribution in [-0.2, 0) is 11.3 Å². The van der Waals surface area contributed by atoms with E-state index in [9.17, 15) is 4.79 Å². The van der Waals surface area contributed by atoms with Crippen LogP contribution in [0.1, 0.15) is 29.9 Å². The van der Waals surface area contributed by atoms with Crippen molar-refractivity contribution in [3.05, 3.63) is 58.3 Å². The Morgan fingerprint density at radius 2 is 2.14 bits per heavy atom. The van der Waals surface area contributed by atoms with Gasteiger partial charge in [-0.3, -0.25) is 9.69 Å². The van der Waals surface area contributed by atoms with Crippen LogP contribution in [0.15, 0.2) is 45.6 Å². The molecule has 4 rings (SSSR count). The van der Waals surface area contributed by atoms with E-state index in [-0.39, 0.29) is 11.8 Å². The highest BCUT2D eigenvalue weighted by molar-refractivity contribution is 7.07. The molecule has 146 valence electrons. The molecule has 0 bridgehead atoms. The van der Waals surface area contributed by atoms with Gasteiger partial charge in [0.1, 0.15) is 11.5 Å². The minimum absolute atomic E-state index is 0.00382. The molecule has 1 amide bonds. The van der Waals surface area contributed by atoms with Crippen molar-refractivity contribution in [2.75, 3.05) is 18.4 Å². The van der Waals surface area contributed by atoms with Gasteiger partial charge in [0.2, 0.25) is 5.91 Å². The molecule has 1 aliphatic heterocycles. The molecule has 0 saturated carbocycles. The number of aromatic nitrogens is 1. The predicted octanol–water partition coefficient (Wildman–Crippen LogP) is 4.87. The van der Waals surface area contributed by atoms with E-state index in [2.05, 4.69) is 28.2 Å². The lowest BCUT2D eigenvalue weighted by Gasteiger charge is -2.31. The number of rotatable bonds is 5. The number of benzene rings is 1. The second-order valence-corrected chi connectivity index (χ2v) is 8.19. The van der Waals surface area contributed by atoms with Gasteiger partial charge in [-0.05, 0) is 57.0 Å². The summed E-state index contributed by atoms with van der Waals surface area (Å²) in [6.07, 6.45) is 1.95. The number of furan rings is 1. The minimum atomic E-state index is 0.00382. The maximum atomic E-state index is 12.8. The van der Waals surface area contributed by atoms with Gasteiger partial charge in [-0.25, -0.2) is 4.98 Å². The highest BCUT2D eigenvalue weighted by Gasteiger charge is 2.26. The lowest BCUT2D eigenvalue weighted by Crippen LogP contribution is -2.40. The zero-order valence-electron chi connectivity index (χ0n) is 16.3. The SMILES string of the molecule is Cc1cc(CN2CCCC(C(=O)Nc3ccc(-c4cscn4)cc3)C2)oc1C. The molecule has 1 saturated heterocycles. The van der Waals surface area contributed by atoms with E-state index in [0.717, 1.165) is 60.9 Å². The summed E-state index contributed by atoms with van der Waals surface area (Å²) in [5, 5.41) is 5.09. The summed E-state index contributed by atoms with van der Waals surface area (Å²) in [5.41, 5.74) is 5.87. The van der Waals surface area contributed by atoms with Crippen LogP contribution in [-0.4, -0.2) is 28.9 Å². The Balaban J connectivity index is 1.35. The van der Waals surface area contributed by atoms with Crippen molar-refractivity contribution in [2.45, 2.75) is 33.2 Å². The zero-order chi connectivity index (χ0) is 19.5. The first kappa shape index (κ1) is 18.9. The van der Waals surface area contributed by atoms with E-state index in [0.29, 0.717) is 0 Å². The van der Waals surface area contributed by atoms with Crippen LogP contribution in [0.2, 0.25) is 0 Å². The third kappa shape index (κ3) is 4.34. The predicted molar refractivity (Wildman–Crippen MR) is 112 cm³/mol. The van der Waals surface area contributed by atoms with Crippen molar-refractivity contribution in [3.63, 3.8) is 0 Å². The molecule has 1 aliphatic rings. The smallest absolute Gasteiger partial charge is 0.228 e. The van der Waals surface area contributed by atoms with E-state index in [4.69, 9.17) is 4.42 Å². The minimum Gasteiger partial charge on any atom is -0.465 e. The van der Waals surface area contributed by atoms with Crippen molar-refractivity contribution in [2.24, 2.45) is 5.92 Å². The molecule has 2 aromatic heterocycles. The molecule has 0 spiro atoms. The van der Waals surface area contributed by atoms with Gasteiger partial charge in [-0.2, -0.15) is 0 Å². The van der Waals surface area contributed by atoms with Crippen molar-refractivity contribution in [1.82, 2.24) is 9.88 Å². The zero-order valence-corrected chi connectivity index (χ0v) is 17.1. The molecular formula is C22H25N3O2S. The first-order valence-electron chi connectivity index (χ1n) is 9.66. The van der Waals surface area contributed by atoms with Gasteiger partial charge in [0.25, 0.3) is 0 Å². The number of carbonyl (C=O) groups is 1. The Hall–Kier alpha value is -2.44. The maximum Gasteiger partial charge on any atom is 0.228 e. The summed E-state index contributed by atoms with van der Waals surface area (Å²) >= 11 is 1.58. The maximum absolute atomic E-state index is 12.8. The average Bonchev–Trinajstić information content (AvgIpc) is 3.33. The van der Waals surface area contributed by atoms with E-state index in [1.54, 1.807) is 11.3 Å². The number of nitrogens with one attached hydrogen (secondary N) is 1. The van der Waals surface area contributed by atoms with Crippen LogP contribution >= 0.6 is 11.3 Å². The number of hydrogen-bond donors (Lipinski definition) is 1. The van der Waals surface area contributed by atoms with Gasteiger partial charge in [0.15, 0.2) is 0 Å². The van der Waals surface area contributed by atoms with Crippen LogP contribution < -0.4 is 5.32 Å². The van der Waals surface area contributed by atoms with Crippen LogP contribution in [0, 0.1) is 19.8 Å². The third-order valence-electron chi connectivity index (χ3n) is 5.35. The number of likely N-dealkylation sites (tertiary alicyclic amines) is 1. The molecule has 6 heteroatoms. The second-order valence-electron chi connectivity index (χ2n) is 7.47. The fourth-order valence-electron chi connectivity index (χ4n) is 3.68. The topological polar surface area (TPSA) is 58.4 Å². The molecule has 0 aliphatic carbocycles. The van der Waals surface area contributed by atoms with Gasteiger partial charge < -0.3 is 9.73 Å². The lowest BCUT2D eigenvalue weighted by molar-refractivity contribution is -0.121. The van der Waals surface area contributed by atoms with Crippen molar-refractivity contribution in [3.8, 4) is 11.3 Å². The number of carbonyl (C=O) groups excluding carboxylic acids is 1. The standard InChI is InChI=1S/C22H25N3O2S/c1-15-10-20(27-16(15)2)12-25-9-3-4-18(11-25)22(26)24-19-7-5-17(6-8-19)21-13-28-14-23-21/h5-8,10,13-14,18H,3-4,9,11-12H2,1-2H3,(H,24,26). The first-order chi connectivity index (χ1) is 13.6. The monoisotopic (exact) mass is 395 g/mol.